The number of carbonyl (C=O) groups is 1. The summed E-state index contributed by atoms with van der Waals surface area (Å²) in [7, 11) is 1.97. The van der Waals surface area contributed by atoms with Crippen LogP contribution in [0.2, 0.25) is 0 Å². The molecule has 2 heterocycles. The molecule has 1 aliphatic carbocycles. The van der Waals surface area contributed by atoms with Crippen molar-refractivity contribution in [2.24, 2.45) is 7.05 Å². The van der Waals surface area contributed by atoms with E-state index < -0.39 is 0 Å². The highest BCUT2D eigenvalue weighted by Crippen LogP contribution is 2.48. The lowest BCUT2D eigenvalue weighted by Crippen LogP contribution is -2.30. The average molecular weight is 650 g/mol. The van der Waals surface area contributed by atoms with Crippen molar-refractivity contribution < 1.29 is 9.36 Å². The number of nitrogens with one attached hydrogen (secondary N) is 1. The van der Waals surface area contributed by atoms with Crippen LogP contribution < -0.4 is 9.47 Å². The molecule has 1 N–H and O–H groups in total. The number of alkyl halides is 1. The third kappa shape index (κ3) is 5.04. The molecule has 0 spiro atoms. The molecule has 8 heteroatoms. The fraction of sp³-hybridized carbons (Fsp3) is 0.233. The Morgan fingerprint density at radius 3 is 2.63 bits per heavy atom. The lowest BCUT2D eigenvalue weighted by Gasteiger charge is -2.25. The number of hydrogen-bond acceptors (Lipinski definition) is 6. The van der Waals surface area contributed by atoms with Crippen molar-refractivity contribution in [1.29, 1.82) is 10.7 Å². The first-order valence-corrected chi connectivity index (χ1v) is 15.6. The summed E-state index contributed by atoms with van der Waals surface area (Å²) in [5.74, 6) is 2.16. The van der Waals surface area contributed by atoms with Crippen molar-refractivity contribution in [2.45, 2.75) is 30.6 Å². The molecule has 0 saturated carbocycles. The van der Waals surface area contributed by atoms with E-state index in [1.165, 1.54) is 23.7 Å². The van der Waals surface area contributed by atoms with Crippen molar-refractivity contribution in [3.63, 3.8) is 0 Å². The number of rotatable bonds is 9. The van der Waals surface area contributed by atoms with Gasteiger partial charge in [-0.25, -0.2) is 0 Å². The molecule has 2 aliphatic rings. The predicted molar refractivity (Wildman–Crippen MR) is 165 cm³/mol. The number of para-hydroxylation sites is 2. The van der Waals surface area contributed by atoms with Crippen LogP contribution >= 0.6 is 45.7 Å². The van der Waals surface area contributed by atoms with Gasteiger partial charge in [-0.05, 0) is 47.4 Å². The maximum Gasteiger partial charge on any atom is 0.263 e. The van der Waals surface area contributed by atoms with Crippen LogP contribution in [0.5, 0.6) is 0 Å². The largest absolute Gasteiger partial charge is 0.335 e. The minimum Gasteiger partial charge on any atom is -0.335 e. The van der Waals surface area contributed by atoms with Crippen molar-refractivity contribution in [3.8, 4) is 6.07 Å². The van der Waals surface area contributed by atoms with Gasteiger partial charge in [-0.15, -0.1) is 0 Å². The fourth-order valence-corrected chi connectivity index (χ4v) is 7.51. The zero-order valence-corrected chi connectivity index (χ0v) is 24.8. The number of nitriles is 1. The zero-order chi connectivity index (χ0) is 26.6. The number of benzene rings is 2. The van der Waals surface area contributed by atoms with E-state index in [0.717, 1.165) is 43.8 Å². The molecule has 0 unspecified atom stereocenters. The quantitative estimate of drug-likeness (QED) is 0.0509. The molecule has 2 aromatic carbocycles. The number of thiazole rings is 1. The highest BCUT2D eigenvalue weighted by molar-refractivity contribution is 14.1. The van der Waals surface area contributed by atoms with E-state index in [1.807, 2.05) is 49.5 Å². The summed E-state index contributed by atoms with van der Waals surface area (Å²) in [6, 6.07) is 18.5. The van der Waals surface area contributed by atoms with E-state index in [-0.39, 0.29) is 11.4 Å². The Hall–Kier alpha value is -2.96. The Labute approximate surface area is 244 Å². The minimum atomic E-state index is -0.105. The van der Waals surface area contributed by atoms with E-state index in [4.69, 9.17) is 5.41 Å². The molecule has 5 rings (SSSR count). The Morgan fingerprint density at radius 2 is 1.87 bits per heavy atom. The normalized spacial score (nSPS) is 16.7. The van der Waals surface area contributed by atoms with Gasteiger partial charge in [-0.3, -0.25) is 10.2 Å². The van der Waals surface area contributed by atoms with Gasteiger partial charge in [-0.2, -0.15) is 9.83 Å². The number of unbranched alkanes of at least 4 members (excludes halogenated alkanes) is 3. The topological polar surface area (TPSA) is 71.8 Å². The second kappa shape index (κ2) is 11.8. The number of Topliss-reactive ketones (excluding diaryl/α,β-unsaturated/α-hetero) is 1. The van der Waals surface area contributed by atoms with Gasteiger partial charge in [0.1, 0.15) is 23.4 Å². The second-order valence-electron chi connectivity index (χ2n) is 9.06. The molecule has 1 aromatic heterocycles. The summed E-state index contributed by atoms with van der Waals surface area (Å²) < 4.78 is 4.36. The highest BCUT2D eigenvalue weighted by Gasteiger charge is 2.37. The van der Waals surface area contributed by atoms with Gasteiger partial charge in [-0.1, -0.05) is 82.8 Å². The van der Waals surface area contributed by atoms with Crippen LogP contribution in [-0.2, 0) is 11.8 Å². The van der Waals surface area contributed by atoms with Gasteiger partial charge in [0.15, 0.2) is 5.78 Å². The maximum atomic E-state index is 13.5. The number of halogens is 1. The SMILES string of the molecule is C[n+]1c(/C=C2/C(=O)C(/C=C3\Sc4ccccc4N3CCCCCCI)=C2C(=C=N)C#N)sc2ccccc21. The molecular formula is C30H26IN4OS2+. The molecule has 0 fully saturated rings. The number of thioether (sulfide) groups is 1. The Morgan fingerprint density at radius 1 is 1.11 bits per heavy atom. The van der Waals surface area contributed by atoms with Gasteiger partial charge in [0.05, 0.1) is 10.7 Å². The number of hydrogen-bond donors (Lipinski definition) is 1. The lowest BCUT2D eigenvalue weighted by atomic mass is 9.77. The number of aryl methyl sites for hydroxylation is 1. The molecule has 0 bridgehead atoms. The van der Waals surface area contributed by atoms with Gasteiger partial charge in [0.25, 0.3) is 5.01 Å². The lowest BCUT2D eigenvalue weighted by molar-refractivity contribution is -0.642. The number of fused-ring (bicyclic) bond motifs is 2. The molecule has 0 radical (unpaired) electrons. The Bertz CT molecular complexity index is 1620. The predicted octanol–water partition coefficient (Wildman–Crippen LogP) is 7.14. The first-order chi connectivity index (χ1) is 18.6. The molecule has 0 saturated heterocycles. The number of nitrogens with zero attached hydrogens (tertiary/aromatic N) is 3. The molecule has 5 nitrogen and oxygen atoms in total. The average Bonchev–Trinajstić information content (AvgIpc) is 3.46. The number of allylic oxidation sites excluding steroid dienone is 5. The fourth-order valence-electron chi connectivity index (χ4n) is 4.75. The van der Waals surface area contributed by atoms with Crippen LogP contribution in [0.3, 0.4) is 0 Å². The van der Waals surface area contributed by atoms with Crippen molar-refractivity contribution >= 4 is 79.3 Å². The summed E-state index contributed by atoms with van der Waals surface area (Å²) in [6.07, 6.45) is 8.45. The van der Waals surface area contributed by atoms with Crippen LogP contribution in [0.25, 0.3) is 16.3 Å². The summed E-state index contributed by atoms with van der Waals surface area (Å²) in [5, 5.41) is 19.4. The van der Waals surface area contributed by atoms with Crippen LogP contribution in [-0.4, -0.2) is 22.6 Å². The van der Waals surface area contributed by atoms with Crippen molar-refractivity contribution in [3.05, 3.63) is 86.9 Å². The van der Waals surface area contributed by atoms with E-state index in [0.29, 0.717) is 16.7 Å². The molecule has 0 atom stereocenters. The highest BCUT2D eigenvalue weighted by atomic mass is 127. The molecular weight excluding hydrogens is 623 g/mol. The summed E-state index contributed by atoms with van der Waals surface area (Å²) in [5.41, 5.74) is 3.76. The third-order valence-electron chi connectivity index (χ3n) is 6.72. The zero-order valence-electron chi connectivity index (χ0n) is 21.0. The van der Waals surface area contributed by atoms with Gasteiger partial charge < -0.3 is 4.90 Å². The van der Waals surface area contributed by atoms with Gasteiger partial charge >= 0.3 is 0 Å². The van der Waals surface area contributed by atoms with Crippen LogP contribution in [0.15, 0.2) is 86.8 Å². The first-order valence-electron chi connectivity index (χ1n) is 12.5. The van der Waals surface area contributed by atoms with Crippen LogP contribution in [0.4, 0.5) is 5.69 Å². The van der Waals surface area contributed by atoms with Gasteiger partial charge in [0, 0.05) is 40.3 Å². The number of carbonyl (C=O) groups excluding carboxylic acids is 1. The Balaban J connectivity index is 1.54. The Kier molecular flexibility index (Phi) is 8.29. The standard InChI is InChI=1S/C30H26IN4OS2/c1-34-23-10-4-6-12-25(23)37-27(34)16-21-29(20(18-32)19-33)22(30(21)36)17-28-35(15-9-3-2-8-14-31)24-11-5-7-13-26(24)38-28/h4-7,10-13,16-17,32H,2-3,8-9,14-15H2,1H3/q+1. The smallest absolute Gasteiger partial charge is 0.263 e. The molecule has 38 heavy (non-hydrogen) atoms. The molecule has 3 aromatic rings. The van der Waals surface area contributed by atoms with Crippen molar-refractivity contribution in [2.75, 3.05) is 15.9 Å². The van der Waals surface area contributed by atoms with Crippen LogP contribution in [0.1, 0.15) is 30.7 Å². The third-order valence-corrected chi connectivity index (χ3v) is 9.77. The maximum absolute atomic E-state index is 13.5. The number of aromatic nitrogens is 1. The van der Waals surface area contributed by atoms with Crippen LogP contribution in [0, 0.1) is 16.7 Å². The molecule has 190 valence electrons. The number of ketones is 1. The van der Waals surface area contributed by atoms with Gasteiger partial charge in [0.2, 0.25) is 5.52 Å². The first kappa shape index (κ1) is 26.6. The summed E-state index contributed by atoms with van der Waals surface area (Å²) in [4.78, 5) is 17.0. The van der Waals surface area contributed by atoms with E-state index in [9.17, 15) is 10.1 Å². The minimum absolute atomic E-state index is 0.0809. The monoisotopic (exact) mass is 649 g/mol. The van der Waals surface area contributed by atoms with E-state index in [1.54, 1.807) is 23.1 Å². The number of anilines is 1. The second-order valence-corrected chi connectivity index (χ2v) is 12.3. The molecule has 0 amide bonds. The summed E-state index contributed by atoms with van der Waals surface area (Å²) in [6.45, 7) is 0.875. The molecule has 1 aliphatic heterocycles. The van der Waals surface area contributed by atoms with E-state index in [2.05, 4.69) is 62.2 Å². The summed E-state index contributed by atoms with van der Waals surface area (Å²) >= 11 is 5.67. The van der Waals surface area contributed by atoms with E-state index >= 15 is 0 Å². The van der Waals surface area contributed by atoms with Crippen molar-refractivity contribution in [1.82, 2.24) is 0 Å².